The maximum Gasteiger partial charge on any atom is 0.238 e. The van der Waals surface area contributed by atoms with Crippen molar-refractivity contribution in [3.05, 3.63) is 36.2 Å². The second kappa shape index (κ2) is 6.26. The molecule has 9 heteroatoms. The first-order valence-corrected chi connectivity index (χ1v) is 8.92. The highest BCUT2D eigenvalue weighted by Crippen LogP contribution is 2.19. The van der Waals surface area contributed by atoms with E-state index in [4.69, 9.17) is 5.14 Å². The van der Waals surface area contributed by atoms with Crippen LogP contribution in [0.4, 0.5) is 5.69 Å². The van der Waals surface area contributed by atoms with Crippen molar-refractivity contribution >= 4 is 15.7 Å². The number of aryl methyl sites for hydroxylation is 1. The van der Waals surface area contributed by atoms with E-state index in [1.54, 1.807) is 28.9 Å². The van der Waals surface area contributed by atoms with Gasteiger partial charge >= 0.3 is 0 Å². The van der Waals surface area contributed by atoms with Gasteiger partial charge in [0.05, 0.1) is 10.6 Å². The fourth-order valence-corrected chi connectivity index (χ4v) is 3.22. The number of benzene rings is 1. The molecule has 0 amide bonds. The lowest BCUT2D eigenvalue weighted by Gasteiger charge is -2.35. The third kappa shape index (κ3) is 3.87. The molecule has 0 unspecified atom stereocenters. The van der Waals surface area contributed by atoms with Crippen LogP contribution in [0.15, 0.2) is 35.4 Å². The summed E-state index contributed by atoms with van der Waals surface area (Å²) in [5.41, 5.74) is 1.98. The summed E-state index contributed by atoms with van der Waals surface area (Å²) in [4.78, 5) is 4.71. The molecule has 8 nitrogen and oxygen atoms in total. The Morgan fingerprint density at radius 1 is 1.13 bits per heavy atom. The number of primary sulfonamides is 1. The van der Waals surface area contributed by atoms with Crippen LogP contribution in [-0.4, -0.2) is 54.5 Å². The number of anilines is 1. The van der Waals surface area contributed by atoms with Crippen LogP contribution in [0.3, 0.4) is 0 Å². The molecule has 0 atom stereocenters. The molecule has 1 aliphatic heterocycles. The van der Waals surface area contributed by atoms with Crippen molar-refractivity contribution in [3.63, 3.8) is 0 Å². The normalized spacial score (nSPS) is 16.7. The number of hydrogen-bond acceptors (Lipinski definition) is 6. The molecule has 23 heavy (non-hydrogen) atoms. The number of aromatic nitrogens is 3. The van der Waals surface area contributed by atoms with Crippen molar-refractivity contribution < 1.29 is 8.42 Å². The Balaban J connectivity index is 1.58. The first-order valence-electron chi connectivity index (χ1n) is 7.37. The van der Waals surface area contributed by atoms with Crippen molar-refractivity contribution in [2.24, 2.45) is 12.2 Å². The second-order valence-electron chi connectivity index (χ2n) is 5.69. The molecule has 1 aromatic carbocycles. The highest BCUT2D eigenvalue weighted by atomic mass is 32.2. The van der Waals surface area contributed by atoms with Crippen LogP contribution < -0.4 is 10.0 Å². The summed E-state index contributed by atoms with van der Waals surface area (Å²) in [6, 6.07) is 6.71. The maximum absolute atomic E-state index is 11.3. The van der Waals surface area contributed by atoms with E-state index in [2.05, 4.69) is 20.1 Å². The van der Waals surface area contributed by atoms with E-state index in [9.17, 15) is 8.42 Å². The maximum atomic E-state index is 11.3. The van der Waals surface area contributed by atoms with Gasteiger partial charge in [0, 0.05) is 51.7 Å². The standard InChI is InChI=1S/C14H20N6O2S/c1-18-10-12(16-17-18)11-19-6-8-20(9-7-19)13-2-4-14(5-3-13)23(15,21)22/h2-5,10H,6-9,11H2,1H3,(H2,15,21,22). The van der Waals surface area contributed by atoms with Crippen LogP contribution >= 0.6 is 0 Å². The van der Waals surface area contributed by atoms with Crippen LogP contribution in [0, 0.1) is 0 Å². The number of piperazine rings is 1. The number of rotatable bonds is 4. The minimum Gasteiger partial charge on any atom is -0.369 e. The van der Waals surface area contributed by atoms with Gasteiger partial charge < -0.3 is 4.90 Å². The van der Waals surface area contributed by atoms with Crippen molar-refractivity contribution in [2.45, 2.75) is 11.4 Å². The molecule has 0 aliphatic carbocycles. The molecule has 2 N–H and O–H groups in total. The third-order valence-electron chi connectivity index (χ3n) is 3.94. The molecule has 0 radical (unpaired) electrons. The van der Waals surface area contributed by atoms with Gasteiger partial charge in [-0.2, -0.15) is 0 Å². The Labute approximate surface area is 135 Å². The SMILES string of the molecule is Cn1cc(CN2CCN(c3ccc(S(N)(=O)=O)cc3)CC2)nn1. The molecular weight excluding hydrogens is 316 g/mol. The van der Waals surface area contributed by atoms with Gasteiger partial charge in [-0.1, -0.05) is 5.21 Å². The summed E-state index contributed by atoms with van der Waals surface area (Å²) in [7, 11) is -1.77. The highest BCUT2D eigenvalue weighted by Gasteiger charge is 2.18. The van der Waals surface area contributed by atoms with Gasteiger partial charge in [0.25, 0.3) is 0 Å². The van der Waals surface area contributed by atoms with E-state index >= 15 is 0 Å². The second-order valence-corrected chi connectivity index (χ2v) is 7.25. The van der Waals surface area contributed by atoms with Crippen LogP contribution in [0.1, 0.15) is 5.69 Å². The van der Waals surface area contributed by atoms with E-state index in [1.807, 2.05) is 13.2 Å². The Morgan fingerprint density at radius 3 is 2.30 bits per heavy atom. The zero-order chi connectivity index (χ0) is 16.4. The first-order chi connectivity index (χ1) is 10.9. The largest absolute Gasteiger partial charge is 0.369 e. The van der Waals surface area contributed by atoms with Crippen molar-refractivity contribution in [1.82, 2.24) is 19.9 Å². The lowest BCUT2D eigenvalue weighted by Crippen LogP contribution is -2.46. The van der Waals surface area contributed by atoms with Crippen LogP contribution in [0.25, 0.3) is 0 Å². The minimum absolute atomic E-state index is 0.141. The molecule has 1 saturated heterocycles. The van der Waals surface area contributed by atoms with Crippen molar-refractivity contribution in [1.29, 1.82) is 0 Å². The highest BCUT2D eigenvalue weighted by molar-refractivity contribution is 7.89. The molecule has 0 saturated carbocycles. The number of nitrogens with two attached hydrogens (primary N) is 1. The molecular formula is C14H20N6O2S. The summed E-state index contributed by atoms with van der Waals surface area (Å²) < 4.78 is 24.3. The summed E-state index contributed by atoms with van der Waals surface area (Å²) in [6.45, 7) is 4.41. The molecule has 2 aromatic rings. The first kappa shape index (κ1) is 15.9. The number of nitrogens with zero attached hydrogens (tertiary/aromatic N) is 5. The zero-order valence-corrected chi connectivity index (χ0v) is 13.8. The number of sulfonamides is 1. The monoisotopic (exact) mass is 336 g/mol. The van der Waals surface area contributed by atoms with Gasteiger partial charge in [0.1, 0.15) is 0 Å². The summed E-state index contributed by atoms with van der Waals surface area (Å²) in [5.74, 6) is 0. The predicted molar refractivity (Wildman–Crippen MR) is 86.3 cm³/mol. The van der Waals surface area contributed by atoms with E-state index < -0.39 is 10.0 Å². The quantitative estimate of drug-likeness (QED) is 0.829. The van der Waals surface area contributed by atoms with Crippen molar-refractivity contribution in [3.8, 4) is 0 Å². The summed E-state index contributed by atoms with van der Waals surface area (Å²) >= 11 is 0. The fourth-order valence-electron chi connectivity index (χ4n) is 2.71. The molecule has 2 heterocycles. The summed E-state index contributed by atoms with van der Waals surface area (Å²) in [6.07, 6.45) is 1.93. The average Bonchev–Trinajstić information content (AvgIpc) is 2.92. The van der Waals surface area contributed by atoms with Gasteiger partial charge in [-0.15, -0.1) is 5.10 Å². The molecule has 124 valence electrons. The minimum atomic E-state index is -3.63. The third-order valence-corrected chi connectivity index (χ3v) is 4.87. The van der Waals surface area contributed by atoms with E-state index in [-0.39, 0.29) is 4.90 Å². The van der Waals surface area contributed by atoms with E-state index in [0.717, 1.165) is 44.1 Å². The van der Waals surface area contributed by atoms with Gasteiger partial charge in [-0.3, -0.25) is 9.58 Å². The van der Waals surface area contributed by atoms with Gasteiger partial charge in [0.2, 0.25) is 10.0 Å². The van der Waals surface area contributed by atoms with Gasteiger partial charge in [-0.25, -0.2) is 13.6 Å². The van der Waals surface area contributed by atoms with Gasteiger partial charge in [0.15, 0.2) is 0 Å². The van der Waals surface area contributed by atoms with E-state index in [0.29, 0.717) is 0 Å². The lowest BCUT2D eigenvalue weighted by molar-refractivity contribution is 0.247. The lowest BCUT2D eigenvalue weighted by atomic mass is 10.2. The molecule has 0 spiro atoms. The summed E-state index contributed by atoms with van der Waals surface area (Å²) in [5, 5.41) is 13.2. The molecule has 1 aliphatic rings. The predicted octanol–water partition coefficient (Wildman–Crippen LogP) is -0.215. The molecule has 1 aromatic heterocycles. The van der Waals surface area contributed by atoms with Crippen molar-refractivity contribution in [2.75, 3.05) is 31.1 Å². The number of hydrogen-bond donors (Lipinski definition) is 1. The molecule has 3 rings (SSSR count). The Hall–Kier alpha value is -1.97. The topological polar surface area (TPSA) is 97.3 Å². The van der Waals surface area contributed by atoms with Crippen LogP contribution in [0.2, 0.25) is 0 Å². The fraction of sp³-hybridized carbons (Fsp3) is 0.429. The smallest absolute Gasteiger partial charge is 0.238 e. The average molecular weight is 336 g/mol. The molecule has 0 bridgehead atoms. The molecule has 1 fully saturated rings. The van der Waals surface area contributed by atoms with Crippen LogP contribution in [-0.2, 0) is 23.6 Å². The van der Waals surface area contributed by atoms with Crippen LogP contribution in [0.5, 0.6) is 0 Å². The Bertz CT molecular complexity index is 763. The van der Waals surface area contributed by atoms with Gasteiger partial charge in [-0.05, 0) is 24.3 Å². The Kier molecular flexibility index (Phi) is 4.33. The van der Waals surface area contributed by atoms with E-state index in [1.165, 1.54) is 0 Å². The zero-order valence-electron chi connectivity index (χ0n) is 13.0. The Morgan fingerprint density at radius 2 is 1.78 bits per heavy atom.